The Balaban J connectivity index is 2.18. The number of aromatic nitrogens is 3. The summed E-state index contributed by atoms with van der Waals surface area (Å²) < 4.78 is 2.18. The van der Waals surface area contributed by atoms with Gasteiger partial charge in [0.05, 0.1) is 17.1 Å². The van der Waals surface area contributed by atoms with Gasteiger partial charge in [-0.1, -0.05) is 18.5 Å². The fourth-order valence-corrected chi connectivity index (χ4v) is 3.26. The summed E-state index contributed by atoms with van der Waals surface area (Å²) >= 11 is 7.70. The van der Waals surface area contributed by atoms with Gasteiger partial charge in [0.2, 0.25) is 0 Å². The molecule has 2 N–H and O–H groups in total. The molecule has 110 valence electrons. The van der Waals surface area contributed by atoms with Crippen LogP contribution in [-0.2, 0) is 6.54 Å². The Morgan fingerprint density at radius 3 is 2.86 bits per heavy atom. The normalized spacial score (nSPS) is 13.0. The van der Waals surface area contributed by atoms with Gasteiger partial charge < -0.3 is 10.3 Å². The number of nitrogens with zero attached hydrogens (tertiary/aromatic N) is 3. The van der Waals surface area contributed by atoms with Crippen molar-refractivity contribution in [2.24, 2.45) is 5.73 Å². The molecule has 1 aromatic carbocycles. The van der Waals surface area contributed by atoms with Crippen molar-refractivity contribution in [3.63, 3.8) is 0 Å². The Morgan fingerprint density at radius 1 is 1.38 bits per heavy atom. The van der Waals surface area contributed by atoms with Gasteiger partial charge in [-0.2, -0.15) is 0 Å². The van der Waals surface area contributed by atoms with E-state index in [1.165, 1.54) is 0 Å². The van der Waals surface area contributed by atoms with Crippen LogP contribution in [0.25, 0.3) is 22.6 Å². The molecule has 0 aliphatic rings. The predicted molar refractivity (Wildman–Crippen MR) is 88.7 cm³/mol. The molecule has 2 heterocycles. The number of hydrogen-bond acceptors (Lipinski definition) is 4. The number of hydrogen-bond donors (Lipinski definition) is 1. The van der Waals surface area contributed by atoms with Crippen molar-refractivity contribution in [2.75, 3.05) is 0 Å². The van der Waals surface area contributed by atoms with E-state index in [2.05, 4.69) is 16.5 Å². The molecule has 1 atom stereocenters. The van der Waals surface area contributed by atoms with E-state index in [0.717, 1.165) is 45.5 Å². The molecule has 1 unspecified atom stereocenters. The van der Waals surface area contributed by atoms with Gasteiger partial charge in [0, 0.05) is 16.9 Å². The Morgan fingerprint density at radius 2 is 2.19 bits per heavy atom. The van der Waals surface area contributed by atoms with Crippen LogP contribution >= 0.6 is 22.9 Å². The SMILES string of the molecule is CCCn1c(-c2csc(C(C)N)n2)nc2ccc(Cl)cc21. The number of benzene rings is 1. The third kappa shape index (κ3) is 2.69. The van der Waals surface area contributed by atoms with Crippen molar-refractivity contribution in [1.82, 2.24) is 14.5 Å². The fraction of sp³-hybridized carbons (Fsp3) is 0.333. The molecule has 3 rings (SSSR count). The molecule has 2 aromatic heterocycles. The largest absolute Gasteiger partial charge is 0.323 e. The average Bonchev–Trinajstić information content (AvgIpc) is 3.04. The van der Waals surface area contributed by atoms with E-state index < -0.39 is 0 Å². The van der Waals surface area contributed by atoms with Crippen molar-refractivity contribution in [3.8, 4) is 11.5 Å². The molecule has 3 aromatic rings. The smallest absolute Gasteiger partial charge is 0.160 e. The first-order valence-corrected chi connectivity index (χ1v) is 8.23. The highest BCUT2D eigenvalue weighted by Crippen LogP contribution is 2.29. The molecule has 0 aliphatic heterocycles. The molecule has 0 radical (unpaired) electrons. The Labute approximate surface area is 132 Å². The zero-order valence-corrected chi connectivity index (χ0v) is 13.6. The summed E-state index contributed by atoms with van der Waals surface area (Å²) in [6, 6.07) is 5.72. The molecule has 21 heavy (non-hydrogen) atoms. The predicted octanol–water partition coefficient (Wildman–Crippen LogP) is 4.24. The highest BCUT2D eigenvalue weighted by molar-refractivity contribution is 7.10. The topological polar surface area (TPSA) is 56.7 Å². The van der Waals surface area contributed by atoms with Crippen LogP contribution in [0, 0.1) is 0 Å². The fourth-order valence-electron chi connectivity index (χ4n) is 2.34. The third-order valence-corrected chi connectivity index (χ3v) is 4.58. The third-order valence-electron chi connectivity index (χ3n) is 3.30. The number of halogens is 1. The minimum Gasteiger partial charge on any atom is -0.323 e. The van der Waals surface area contributed by atoms with Crippen LogP contribution in [0.15, 0.2) is 23.6 Å². The van der Waals surface area contributed by atoms with Gasteiger partial charge in [0.1, 0.15) is 10.7 Å². The average molecular weight is 321 g/mol. The van der Waals surface area contributed by atoms with Crippen LogP contribution in [0.1, 0.15) is 31.3 Å². The van der Waals surface area contributed by atoms with Crippen molar-refractivity contribution >= 4 is 34.0 Å². The minimum atomic E-state index is -0.0535. The summed E-state index contributed by atoms with van der Waals surface area (Å²) in [6.45, 7) is 4.98. The summed E-state index contributed by atoms with van der Waals surface area (Å²) in [5.41, 5.74) is 8.78. The van der Waals surface area contributed by atoms with E-state index in [0.29, 0.717) is 0 Å². The summed E-state index contributed by atoms with van der Waals surface area (Å²) in [7, 11) is 0. The second-order valence-electron chi connectivity index (χ2n) is 5.08. The molecule has 0 spiro atoms. The maximum absolute atomic E-state index is 6.12. The first kappa shape index (κ1) is 14.5. The molecular weight excluding hydrogens is 304 g/mol. The lowest BCUT2D eigenvalue weighted by molar-refractivity contribution is 0.702. The number of nitrogens with two attached hydrogens (primary N) is 1. The Kier molecular flexibility index (Phi) is 3.97. The number of fused-ring (bicyclic) bond motifs is 1. The molecule has 0 fully saturated rings. The van der Waals surface area contributed by atoms with Gasteiger partial charge in [-0.25, -0.2) is 9.97 Å². The second kappa shape index (κ2) is 5.75. The number of aryl methyl sites for hydroxylation is 1. The van der Waals surface area contributed by atoms with Crippen molar-refractivity contribution in [3.05, 3.63) is 33.6 Å². The summed E-state index contributed by atoms with van der Waals surface area (Å²) in [6.07, 6.45) is 1.02. The molecule has 4 nitrogen and oxygen atoms in total. The van der Waals surface area contributed by atoms with Gasteiger partial charge in [-0.3, -0.25) is 0 Å². The molecular formula is C15H17ClN4S. The second-order valence-corrected chi connectivity index (χ2v) is 6.41. The monoisotopic (exact) mass is 320 g/mol. The Hall–Kier alpha value is -1.43. The molecule has 0 saturated heterocycles. The maximum atomic E-state index is 6.12. The lowest BCUT2D eigenvalue weighted by Crippen LogP contribution is -2.04. The highest BCUT2D eigenvalue weighted by Gasteiger charge is 2.16. The lowest BCUT2D eigenvalue weighted by Gasteiger charge is -2.06. The van der Waals surface area contributed by atoms with Gasteiger partial charge in [-0.15, -0.1) is 11.3 Å². The van der Waals surface area contributed by atoms with E-state index in [-0.39, 0.29) is 6.04 Å². The van der Waals surface area contributed by atoms with Crippen LogP contribution in [0.3, 0.4) is 0 Å². The van der Waals surface area contributed by atoms with Crippen molar-refractivity contribution in [2.45, 2.75) is 32.9 Å². The van der Waals surface area contributed by atoms with Gasteiger partial charge in [0.15, 0.2) is 5.82 Å². The molecule has 0 aliphatic carbocycles. The summed E-state index contributed by atoms with van der Waals surface area (Å²) in [5.74, 6) is 0.886. The van der Waals surface area contributed by atoms with E-state index in [1.807, 2.05) is 30.5 Å². The van der Waals surface area contributed by atoms with Crippen LogP contribution in [0.2, 0.25) is 5.02 Å². The standard InChI is InChI=1S/C15H17ClN4S/c1-3-6-20-13-7-10(16)4-5-11(13)18-14(20)12-8-21-15(19-12)9(2)17/h4-5,7-9H,3,6,17H2,1-2H3. The molecule has 0 bridgehead atoms. The van der Waals surface area contributed by atoms with Crippen LogP contribution < -0.4 is 5.73 Å². The van der Waals surface area contributed by atoms with Crippen LogP contribution in [-0.4, -0.2) is 14.5 Å². The molecule has 0 amide bonds. The summed E-state index contributed by atoms with van der Waals surface area (Å²) in [4.78, 5) is 9.34. The molecule has 0 saturated carbocycles. The van der Waals surface area contributed by atoms with Crippen molar-refractivity contribution < 1.29 is 0 Å². The van der Waals surface area contributed by atoms with E-state index in [9.17, 15) is 0 Å². The number of rotatable bonds is 4. The number of thiazole rings is 1. The van der Waals surface area contributed by atoms with Gasteiger partial charge in [0.25, 0.3) is 0 Å². The van der Waals surface area contributed by atoms with Crippen molar-refractivity contribution in [1.29, 1.82) is 0 Å². The lowest BCUT2D eigenvalue weighted by atomic mass is 10.3. The zero-order chi connectivity index (χ0) is 15.0. The van der Waals surface area contributed by atoms with Gasteiger partial charge in [-0.05, 0) is 31.5 Å². The summed E-state index contributed by atoms with van der Waals surface area (Å²) in [5, 5.41) is 3.67. The zero-order valence-electron chi connectivity index (χ0n) is 12.0. The van der Waals surface area contributed by atoms with Crippen LogP contribution in [0.4, 0.5) is 0 Å². The van der Waals surface area contributed by atoms with E-state index in [4.69, 9.17) is 22.3 Å². The minimum absolute atomic E-state index is 0.0535. The first-order chi connectivity index (χ1) is 10.1. The Bertz CT molecular complexity index is 775. The first-order valence-electron chi connectivity index (χ1n) is 6.97. The highest BCUT2D eigenvalue weighted by atomic mass is 35.5. The molecule has 6 heteroatoms. The van der Waals surface area contributed by atoms with E-state index >= 15 is 0 Å². The number of imidazole rings is 1. The van der Waals surface area contributed by atoms with Crippen LogP contribution in [0.5, 0.6) is 0 Å². The van der Waals surface area contributed by atoms with Gasteiger partial charge >= 0.3 is 0 Å². The maximum Gasteiger partial charge on any atom is 0.160 e. The van der Waals surface area contributed by atoms with E-state index in [1.54, 1.807) is 11.3 Å². The quantitative estimate of drug-likeness (QED) is 0.782.